The van der Waals surface area contributed by atoms with Crippen LogP contribution in [0.15, 0.2) is 11.2 Å². The predicted octanol–water partition coefficient (Wildman–Crippen LogP) is 2.14. The number of alkyl halides is 1. The lowest BCUT2D eigenvalue weighted by atomic mass is 10.2. The summed E-state index contributed by atoms with van der Waals surface area (Å²) in [6, 6.07) is 0.0807. The lowest BCUT2D eigenvalue weighted by Gasteiger charge is -2.26. The number of hydrogen-bond donors (Lipinski definition) is 1. The van der Waals surface area contributed by atoms with Crippen molar-refractivity contribution in [2.24, 2.45) is 0 Å². The van der Waals surface area contributed by atoms with Crippen LogP contribution in [0.3, 0.4) is 0 Å². The van der Waals surface area contributed by atoms with E-state index in [0.29, 0.717) is 24.7 Å². The van der Waals surface area contributed by atoms with Crippen LogP contribution in [-0.4, -0.2) is 41.2 Å². The molecule has 1 heterocycles. The van der Waals surface area contributed by atoms with Gasteiger partial charge in [0.25, 0.3) is 10.0 Å². The van der Waals surface area contributed by atoms with E-state index in [0.717, 1.165) is 25.7 Å². The van der Waals surface area contributed by atoms with Crippen molar-refractivity contribution in [2.45, 2.75) is 50.1 Å². The Morgan fingerprint density at radius 2 is 2.16 bits per heavy atom. The number of sulfonamides is 1. The number of nitrogens with one attached hydrogen (secondary N) is 1. The third kappa shape index (κ3) is 3.12. The molecule has 0 unspecified atom stereocenters. The molecule has 1 fully saturated rings. The number of aromatic nitrogens is 2. The Hall–Kier alpha value is -0.590. The maximum absolute atomic E-state index is 12.6. The molecule has 0 atom stereocenters. The van der Waals surface area contributed by atoms with Crippen LogP contribution in [0.1, 0.15) is 38.4 Å². The second kappa shape index (κ2) is 6.24. The second-order valence-corrected chi connectivity index (χ2v) is 7.03. The van der Waals surface area contributed by atoms with E-state index < -0.39 is 10.0 Å². The van der Waals surface area contributed by atoms with E-state index in [1.807, 2.05) is 6.92 Å². The monoisotopic (exact) mass is 305 g/mol. The Morgan fingerprint density at radius 3 is 2.68 bits per heavy atom. The highest BCUT2D eigenvalue weighted by molar-refractivity contribution is 7.89. The summed E-state index contributed by atoms with van der Waals surface area (Å²) in [5.41, 5.74) is 0. The summed E-state index contributed by atoms with van der Waals surface area (Å²) in [5, 5.41) is 0.182. The normalized spacial score (nSPS) is 17.4. The SMILES string of the molecule is CCc1ncc(S(=O)(=O)N(CCCl)C2CCCC2)[nH]1. The van der Waals surface area contributed by atoms with Crippen molar-refractivity contribution in [3.63, 3.8) is 0 Å². The summed E-state index contributed by atoms with van der Waals surface area (Å²) in [6.45, 7) is 2.29. The van der Waals surface area contributed by atoms with Gasteiger partial charge in [-0.2, -0.15) is 4.31 Å². The first-order valence-corrected chi connectivity index (χ1v) is 8.68. The van der Waals surface area contributed by atoms with Gasteiger partial charge in [0.05, 0.1) is 6.20 Å². The van der Waals surface area contributed by atoms with Crippen molar-refractivity contribution in [1.82, 2.24) is 14.3 Å². The quantitative estimate of drug-likeness (QED) is 0.819. The van der Waals surface area contributed by atoms with Crippen molar-refractivity contribution >= 4 is 21.6 Å². The molecule has 0 aliphatic heterocycles. The largest absolute Gasteiger partial charge is 0.332 e. The summed E-state index contributed by atoms with van der Waals surface area (Å²) in [4.78, 5) is 6.96. The van der Waals surface area contributed by atoms with E-state index >= 15 is 0 Å². The van der Waals surface area contributed by atoms with Crippen LogP contribution >= 0.6 is 11.6 Å². The minimum absolute atomic E-state index is 0.0807. The Labute approximate surface area is 119 Å². The Balaban J connectivity index is 2.27. The van der Waals surface area contributed by atoms with Gasteiger partial charge in [0, 0.05) is 24.9 Å². The van der Waals surface area contributed by atoms with Gasteiger partial charge in [0.2, 0.25) is 0 Å². The number of nitrogens with zero attached hydrogens (tertiary/aromatic N) is 2. The molecule has 0 aromatic carbocycles. The molecule has 7 heteroatoms. The van der Waals surface area contributed by atoms with Crippen LogP contribution in [0.4, 0.5) is 0 Å². The van der Waals surface area contributed by atoms with Gasteiger partial charge in [-0.15, -0.1) is 11.6 Å². The zero-order valence-corrected chi connectivity index (χ0v) is 12.7. The first-order chi connectivity index (χ1) is 9.09. The van der Waals surface area contributed by atoms with E-state index in [9.17, 15) is 8.42 Å². The number of aromatic amines is 1. The summed E-state index contributed by atoms with van der Waals surface area (Å²) < 4.78 is 26.8. The maximum atomic E-state index is 12.6. The third-order valence-corrected chi connectivity index (χ3v) is 5.59. The molecule has 2 rings (SSSR count). The molecule has 0 spiro atoms. The molecule has 1 aliphatic rings. The van der Waals surface area contributed by atoms with Crippen LogP contribution in [0.2, 0.25) is 0 Å². The van der Waals surface area contributed by atoms with Crippen molar-refractivity contribution in [3.8, 4) is 0 Å². The summed E-state index contributed by atoms with van der Waals surface area (Å²) in [5.74, 6) is 1.00. The molecule has 19 heavy (non-hydrogen) atoms. The van der Waals surface area contributed by atoms with Crippen LogP contribution in [0.5, 0.6) is 0 Å². The average Bonchev–Trinajstić information content (AvgIpc) is 3.06. The molecule has 5 nitrogen and oxygen atoms in total. The fourth-order valence-electron chi connectivity index (χ4n) is 2.55. The Bertz CT molecular complexity index is 509. The van der Waals surface area contributed by atoms with Gasteiger partial charge in [0.1, 0.15) is 5.82 Å². The number of halogens is 1. The highest BCUT2D eigenvalue weighted by atomic mass is 35.5. The van der Waals surface area contributed by atoms with Gasteiger partial charge >= 0.3 is 0 Å². The van der Waals surface area contributed by atoms with Crippen LogP contribution < -0.4 is 0 Å². The van der Waals surface area contributed by atoms with Gasteiger partial charge in [-0.1, -0.05) is 19.8 Å². The number of rotatable bonds is 6. The van der Waals surface area contributed by atoms with Crippen LogP contribution in [-0.2, 0) is 16.4 Å². The van der Waals surface area contributed by atoms with E-state index in [4.69, 9.17) is 11.6 Å². The summed E-state index contributed by atoms with van der Waals surface area (Å²) in [6.07, 6.45) is 6.11. The molecule has 1 aliphatic carbocycles. The number of hydrogen-bond acceptors (Lipinski definition) is 3. The lowest BCUT2D eigenvalue weighted by Crippen LogP contribution is -2.40. The highest BCUT2D eigenvalue weighted by Crippen LogP contribution is 2.28. The van der Waals surface area contributed by atoms with Crippen molar-refractivity contribution in [2.75, 3.05) is 12.4 Å². The van der Waals surface area contributed by atoms with Gasteiger partial charge in [-0.3, -0.25) is 0 Å². The van der Waals surface area contributed by atoms with E-state index in [2.05, 4.69) is 9.97 Å². The average molecular weight is 306 g/mol. The molecule has 108 valence electrons. The van der Waals surface area contributed by atoms with Gasteiger partial charge in [-0.25, -0.2) is 13.4 Å². The second-order valence-electron chi connectivity index (χ2n) is 4.79. The smallest absolute Gasteiger partial charge is 0.260 e. The van der Waals surface area contributed by atoms with E-state index in [-0.39, 0.29) is 11.1 Å². The number of aryl methyl sites for hydroxylation is 1. The van der Waals surface area contributed by atoms with Crippen molar-refractivity contribution in [3.05, 3.63) is 12.0 Å². The summed E-state index contributed by atoms with van der Waals surface area (Å²) >= 11 is 5.77. The molecule has 0 amide bonds. The first kappa shape index (κ1) is 14.8. The molecule has 1 N–H and O–H groups in total. The minimum atomic E-state index is -3.51. The molecular weight excluding hydrogens is 286 g/mol. The molecule has 1 aromatic heterocycles. The zero-order chi connectivity index (χ0) is 13.9. The molecule has 0 radical (unpaired) electrons. The maximum Gasteiger partial charge on any atom is 0.260 e. The van der Waals surface area contributed by atoms with Gasteiger partial charge in [-0.05, 0) is 12.8 Å². The van der Waals surface area contributed by atoms with Gasteiger partial charge < -0.3 is 4.98 Å². The Morgan fingerprint density at radius 1 is 1.47 bits per heavy atom. The first-order valence-electron chi connectivity index (χ1n) is 6.71. The standard InChI is InChI=1S/C12H20ClN3O2S/c1-2-11-14-9-12(15-11)19(17,18)16(8-7-13)10-5-3-4-6-10/h9-10H,2-8H2,1H3,(H,14,15). The number of imidazole rings is 1. The molecule has 1 aromatic rings. The molecule has 1 saturated carbocycles. The predicted molar refractivity (Wildman–Crippen MR) is 74.8 cm³/mol. The topological polar surface area (TPSA) is 66.1 Å². The van der Waals surface area contributed by atoms with Gasteiger partial charge in [0.15, 0.2) is 5.03 Å². The van der Waals surface area contributed by atoms with Crippen LogP contribution in [0, 0.1) is 0 Å². The summed E-state index contributed by atoms with van der Waals surface area (Å²) in [7, 11) is -3.51. The lowest BCUT2D eigenvalue weighted by molar-refractivity contribution is 0.335. The van der Waals surface area contributed by atoms with Crippen LogP contribution in [0.25, 0.3) is 0 Å². The fourth-order valence-corrected chi connectivity index (χ4v) is 4.46. The van der Waals surface area contributed by atoms with Crippen molar-refractivity contribution < 1.29 is 8.42 Å². The Kier molecular flexibility index (Phi) is 4.86. The van der Waals surface area contributed by atoms with Crippen molar-refractivity contribution in [1.29, 1.82) is 0 Å². The minimum Gasteiger partial charge on any atom is -0.332 e. The molecular formula is C12H20ClN3O2S. The zero-order valence-electron chi connectivity index (χ0n) is 11.1. The number of H-pyrrole nitrogens is 1. The molecule has 0 bridgehead atoms. The third-order valence-electron chi connectivity index (χ3n) is 3.56. The highest BCUT2D eigenvalue weighted by Gasteiger charge is 2.33. The fraction of sp³-hybridized carbons (Fsp3) is 0.750. The van der Waals surface area contributed by atoms with E-state index in [1.165, 1.54) is 6.20 Å². The van der Waals surface area contributed by atoms with E-state index in [1.54, 1.807) is 4.31 Å². The molecule has 0 saturated heterocycles.